The van der Waals surface area contributed by atoms with Gasteiger partial charge in [0.05, 0.1) is 0 Å². The standard InChI is InChI=1S/C19H26ClN3O2S/c20-17-4-2-1-3-15(17)12-22-19(25)18(24)21-11-14-5-8-23(9-6-14)16-7-10-26-13-16/h1-4,14,16H,5-13H2,(H,21,24)(H,22,25). The van der Waals surface area contributed by atoms with Gasteiger partial charge in [0.25, 0.3) is 0 Å². The maximum atomic E-state index is 12.0. The summed E-state index contributed by atoms with van der Waals surface area (Å²) in [7, 11) is 0. The molecule has 2 fully saturated rings. The SMILES string of the molecule is O=C(NCc1ccccc1Cl)C(=O)NCC1CCN(C2CCSC2)CC1. The minimum absolute atomic E-state index is 0.254. The van der Waals surface area contributed by atoms with Gasteiger partial charge in [0.1, 0.15) is 0 Å². The molecule has 2 amide bonds. The topological polar surface area (TPSA) is 61.4 Å². The number of amides is 2. The van der Waals surface area contributed by atoms with E-state index in [-0.39, 0.29) is 6.54 Å². The summed E-state index contributed by atoms with van der Waals surface area (Å²) in [4.78, 5) is 26.5. The van der Waals surface area contributed by atoms with Crippen molar-refractivity contribution in [1.82, 2.24) is 15.5 Å². The van der Waals surface area contributed by atoms with Crippen LogP contribution in [0.1, 0.15) is 24.8 Å². The molecular formula is C19H26ClN3O2S. The summed E-state index contributed by atoms with van der Waals surface area (Å²) in [6, 6.07) is 8.02. The number of likely N-dealkylation sites (tertiary alicyclic amines) is 1. The second-order valence-corrected chi connectivity index (χ2v) is 8.54. The van der Waals surface area contributed by atoms with Crippen LogP contribution in [0.3, 0.4) is 0 Å². The number of rotatable bonds is 5. The first-order chi connectivity index (χ1) is 12.6. The summed E-state index contributed by atoms with van der Waals surface area (Å²) >= 11 is 8.10. The molecule has 2 N–H and O–H groups in total. The number of benzene rings is 1. The van der Waals surface area contributed by atoms with Crippen LogP contribution in [0.25, 0.3) is 0 Å². The summed E-state index contributed by atoms with van der Waals surface area (Å²) in [6.07, 6.45) is 3.48. The van der Waals surface area contributed by atoms with Crippen LogP contribution in [0.5, 0.6) is 0 Å². The van der Waals surface area contributed by atoms with E-state index in [0.717, 1.165) is 37.5 Å². The third-order valence-electron chi connectivity index (χ3n) is 5.23. The summed E-state index contributed by atoms with van der Waals surface area (Å²) in [6.45, 7) is 3.03. The van der Waals surface area contributed by atoms with E-state index in [9.17, 15) is 9.59 Å². The van der Waals surface area contributed by atoms with Crippen molar-refractivity contribution >= 4 is 35.2 Å². The van der Waals surface area contributed by atoms with Gasteiger partial charge in [-0.2, -0.15) is 11.8 Å². The van der Waals surface area contributed by atoms with Crippen LogP contribution in [-0.2, 0) is 16.1 Å². The largest absolute Gasteiger partial charge is 0.348 e. The molecule has 0 saturated carbocycles. The van der Waals surface area contributed by atoms with Crippen molar-refractivity contribution in [3.63, 3.8) is 0 Å². The highest BCUT2D eigenvalue weighted by Crippen LogP contribution is 2.26. The lowest BCUT2D eigenvalue weighted by Gasteiger charge is -2.35. The normalized spacial score (nSPS) is 21.5. The number of halogens is 1. The fourth-order valence-electron chi connectivity index (χ4n) is 3.55. The van der Waals surface area contributed by atoms with Crippen molar-refractivity contribution in [2.75, 3.05) is 31.1 Å². The Morgan fingerprint density at radius 3 is 2.54 bits per heavy atom. The van der Waals surface area contributed by atoms with Crippen LogP contribution >= 0.6 is 23.4 Å². The van der Waals surface area contributed by atoms with Gasteiger partial charge in [0, 0.05) is 29.9 Å². The monoisotopic (exact) mass is 395 g/mol. The van der Waals surface area contributed by atoms with Gasteiger partial charge in [0.15, 0.2) is 0 Å². The number of hydrogen-bond acceptors (Lipinski definition) is 4. The molecule has 3 rings (SSSR count). The molecule has 1 unspecified atom stereocenters. The molecule has 5 nitrogen and oxygen atoms in total. The van der Waals surface area contributed by atoms with Gasteiger partial charge in [-0.1, -0.05) is 29.8 Å². The van der Waals surface area contributed by atoms with Crippen LogP contribution in [0, 0.1) is 5.92 Å². The van der Waals surface area contributed by atoms with E-state index in [1.54, 1.807) is 6.07 Å². The lowest BCUT2D eigenvalue weighted by molar-refractivity contribution is -0.139. The van der Waals surface area contributed by atoms with Gasteiger partial charge in [-0.15, -0.1) is 0 Å². The maximum Gasteiger partial charge on any atom is 0.309 e. The number of nitrogens with zero attached hydrogens (tertiary/aromatic N) is 1. The molecular weight excluding hydrogens is 370 g/mol. The molecule has 7 heteroatoms. The first-order valence-corrected chi connectivity index (χ1v) is 10.8. The van der Waals surface area contributed by atoms with Crippen molar-refractivity contribution < 1.29 is 9.59 Å². The molecule has 142 valence electrons. The van der Waals surface area contributed by atoms with E-state index in [0.29, 0.717) is 17.5 Å². The Labute approximate surface area is 164 Å². The zero-order chi connectivity index (χ0) is 18.4. The Balaban J connectivity index is 1.34. The van der Waals surface area contributed by atoms with Crippen LogP contribution in [0.4, 0.5) is 0 Å². The second-order valence-electron chi connectivity index (χ2n) is 6.98. The number of carbonyl (C=O) groups excluding carboxylic acids is 2. The molecule has 0 spiro atoms. The number of nitrogens with one attached hydrogen (secondary N) is 2. The Morgan fingerprint density at radius 2 is 1.85 bits per heavy atom. The van der Waals surface area contributed by atoms with E-state index in [2.05, 4.69) is 15.5 Å². The molecule has 0 bridgehead atoms. The van der Waals surface area contributed by atoms with Crippen molar-refractivity contribution in [3.05, 3.63) is 34.9 Å². The number of carbonyl (C=O) groups is 2. The van der Waals surface area contributed by atoms with Gasteiger partial charge < -0.3 is 10.6 Å². The predicted octanol–water partition coefficient (Wildman–Crippen LogP) is 2.29. The highest BCUT2D eigenvalue weighted by molar-refractivity contribution is 7.99. The predicted molar refractivity (Wildman–Crippen MR) is 106 cm³/mol. The van der Waals surface area contributed by atoms with Crippen molar-refractivity contribution in [3.8, 4) is 0 Å². The Hall–Kier alpha value is -1.24. The molecule has 0 aromatic heterocycles. The summed E-state index contributed by atoms with van der Waals surface area (Å²) in [5, 5.41) is 5.99. The Kier molecular flexibility index (Phi) is 7.23. The molecule has 1 aromatic carbocycles. The van der Waals surface area contributed by atoms with Crippen LogP contribution in [-0.4, -0.2) is 53.9 Å². The Morgan fingerprint density at radius 1 is 1.12 bits per heavy atom. The minimum atomic E-state index is -0.606. The quantitative estimate of drug-likeness (QED) is 0.751. The maximum absolute atomic E-state index is 12.0. The number of hydrogen-bond donors (Lipinski definition) is 2. The minimum Gasteiger partial charge on any atom is -0.348 e. The van der Waals surface area contributed by atoms with Crippen molar-refractivity contribution in [2.45, 2.75) is 31.8 Å². The molecule has 2 saturated heterocycles. The summed E-state index contributed by atoms with van der Waals surface area (Å²) in [5.74, 6) is 1.83. The Bertz CT molecular complexity index is 629. The highest BCUT2D eigenvalue weighted by Gasteiger charge is 2.27. The molecule has 1 aromatic rings. The third-order valence-corrected chi connectivity index (χ3v) is 6.74. The fraction of sp³-hybridized carbons (Fsp3) is 0.579. The van der Waals surface area contributed by atoms with Gasteiger partial charge in [0.2, 0.25) is 0 Å². The van der Waals surface area contributed by atoms with Crippen LogP contribution in [0.15, 0.2) is 24.3 Å². The zero-order valence-electron chi connectivity index (χ0n) is 14.9. The summed E-state index contributed by atoms with van der Waals surface area (Å²) in [5.41, 5.74) is 0.799. The first kappa shape index (κ1) is 19.5. The average molecular weight is 396 g/mol. The zero-order valence-corrected chi connectivity index (χ0v) is 16.5. The van der Waals surface area contributed by atoms with Crippen molar-refractivity contribution in [2.24, 2.45) is 5.92 Å². The van der Waals surface area contributed by atoms with E-state index >= 15 is 0 Å². The van der Waals surface area contributed by atoms with Crippen molar-refractivity contribution in [1.29, 1.82) is 0 Å². The lowest BCUT2D eigenvalue weighted by Crippen LogP contribution is -2.45. The molecule has 2 aliphatic rings. The van der Waals surface area contributed by atoms with E-state index in [1.807, 2.05) is 30.0 Å². The fourth-order valence-corrected chi connectivity index (χ4v) is 5.00. The highest BCUT2D eigenvalue weighted by atomic mass is 35.5. The third kappa shape index (κ3) is 5.38. The summed E-state index contributed by atoms with van der Waals surface area (Å²) < 4.78 is 0. The van der Waals surface area contributed by atoms with E-state index in [1.165, 1.54) is 17.9 Å². The average Bonchev–Trinajstić information content (AvgIpc) is 3.20. The number of piperidine rings is 1. The van der Waals surface area contributed by atoms with Crippen LogP contribution in [0.2, 0.25) is 5.02 Å². The van der Waals surface area contributed by atoms with E-state index in [4.69, 9.17) is 11.6 Å². The van der Waals surface area contributed by atoms with Gasteiger partial charge >= 0.3 is 11.8 Å². The first-order valence-electron chi connectivity index (χ1n) is 9.24. The molecule has 26 heavy (non-hydrogen) atoms. The number of thioether (sulfide) groups is 1. The smallest absolute Gasteiger partial charge is 0.309 e. The van der Waals surface area contributed by atoms with Gasteiger partial charge in [-0.05, 0) is 55.7 Å². The molecule has 2 heterocycles. The van der Waals surface area contributed by atoms with E-state index < -0.39 is 11.8 Å². The lowest BCUT2D eigenvalue weighted by atomic mass is 9.95. The van der Waals surface area contributed by atoms with Crippen LogP contribution < -0.4 is 10.6 Å². The molecule has 1 atom stereocenters. The molecule has 0 aliphatic carbocycles. The molecule has 0 radical (unpaired) electrons. The second kappa shape index (κ2) is 9.62. The van der Waals surface area contributed by atoms with Gasteiger partial charge in [-0.25, -0.2) is 0 Å². The molecule has 2 aliphatic heterocycles. The van der Waals surface area contributed by atoms with Gasteiger partial charge in [-0.3, -0.25) is 14.5 Å².